The van der Waals surface area contributed by atoms with Crippen molar-refractivity contribution in [2.24, 2.45) is 11.8 Å². The van der Waals surface area contributed by atoms with Crippen LogP contribution in [-0.2, 0) is 9.59 Å². The second-order valence-corrected chi connectivity index (χ2v) is 4.97. The lowest BCUT2D eigenvalue weighted by atomic mass is 9.86. The summed E-state index contributed by atoms with van der Waals surface area (Å²) in [5, 5.41) is 17.7. The van der Waals surface area contributed by atoms with Crippen LogP contribution >= 0.6 is 0 Å². The Kier molecular flexibility index (Phi) is 9.33. The molecule has 0 rings (SSSR count). The number of aliphatic carboxylic acids is 2. The van der Waals surface area contributed by atoms with Crippen molar-refractivity contribution in [1.82, 2.24) is 0 Å². The molecule has 0 aliphatic rings. The average molecular weight is 258 g/mol. The Balaban J connectivity index is 4.14. The van der Waals surface area contributed by atoms with Gasteiger partial charge in [-0.15, -0.1) is 0 Å². The normalized spacial score (nSPS) is 14.1. The molecule has 0 saturated heterocycles. The fourth-order valence-corrected chi connectivity index (χ4v) is 2.23. The zero-order valence-electron chi connectivity index (χ0n) is 11.5. The van der Waals surface area contributed by atoms with Crippen molar-refractivity contribution in [3.05, 3.63) is 0 Å². The van der Waals surface area contributed by atoms with E-state index in [-0.39, 0.29) is 12.3 Å². The smallest absolute Gasteiger partial charge is 0.306 e. The molecule has 0 fully saturated rings. The Hall–Kier alpha value is -1.06. The zero-order chi connectivity index (χ0) is 14.0. The SMILES string of the molecule is CCCCC(CC)CC(CCCC(=O)O)C(=O)O. The third-order valence-electron chi connectivity index (χ3n) is 3.45. The summed E-state index contributed by atoms with van der Waals surface area (Å²) in [6.45, 7) is 4.23. The highest BCUT2D eigenvalue weighted by Crippen LogP contribution is 2.25. The molecule has 0 radical (unpaired) electrons. The van der Waals surface area contributed by atoms with Crippen LogP contribution in [0.1, 0.15) is 65.2 Å². The maximum absolute atomic E-state index is 11.2. The topological polar surface area (TPSA) is 74.6 Å². The van der Waals surface area contributed by atoms with Crippen molar-refractivity contribution >= 4 is 11.9 Å². The Morgan fingerprint density at radius 3 is 2.17 bits per heavy atom. The van der Waals surface area contributed by atoms with Gasteiger partial charge in [-0.25, -0.2) is 0 Å². The minimum Gasteiger partial charge on any atom is -0.481 e. The van der Waals surface area contributed by atoms with Crippen LogP contribution in [0.15, 0.2) is 0 Å². The van der Waals surface area contributed by atoms with Gasteiger partial charge >= 0.3 is 11.9 Å². The summed E-state index contributed by atoms with van der Waals surface area (Å²) in [4.78, 5) is 21.6. The highest BCUT2D eigenvalue weighted by molar-refractivity contribution is 5.70. The van der Waals surface area contributed by atoms with Gasteiger partial charge in [-0.1, -0.05) is 39.5 Å². The minimum atomic E-state index is -0.850. The summed E-state index contributed by atoms with van der Waals surface area (Å²) in [5.74, 6) is -1.56. The number of unbranched alkanes of at least 4 members (excludes halogenated alkanes) is 1. The van der Waals surface area contributed by atoms with E-state index < -0.39 is 11.9 Å². The van der Waals surface area contributed by atoms with Gasteiger partial charge in [0.05, 0.1) is 5.92 Å². The molecule has 0 aromatic rings. The molecule has 0 aromatic carbocycles. The van der Waals surface area contributed by atoms with Crippen LogP contribution < -0.4 is 0 Å². The molecular formula is C14H26O4. The van der Waals surface area contributed by atoms with Crippen molar-refractivity contribution in [2.75, 3.05) is 0 Å². The summed E-state index contributed by atoms with van der Waals surface area (Å²) >= 11 is 0. The van der Waals surface area contributed by atoms with Gasteiger partial charge in [-0.3, -0.25) is 9.59 Å². The van der Waals surface area contributed by atoms with Crippen LogP contribution in [-0.4, -0.2) is 22.2 Å². The third-order valence-corrected chi connectivity index (χ3v) is 3.45. The van der Waals surface area contributed by atoms with Crippen molar-refractivity contribution in [3.63, 3.8) is 0 Å². The first kappa shape index (κ1) is 16.9. The zero-order valence-corrected chi connectivity index (χ0v) is 11.5. The van der Waals surface area contributed by atoms with Gasteiger partial charge in [0, 0.05) is 6.42 Å². The number of rotatable bonds is 11. The molecule has 2 unspecified atom stereocenters. The molecule has 0 aromatic heterocycles. The van der Waals surface area contributed by atoms with E-state index >= 15 is 0 Å². The van der Waals surface area contributed by atoms with Crippen molar-refractivity contribution in [3.8, 4) is 0 Å². The van der Waals surface area contributed by atoms with E-state index in [2.05, 4.69) is 13.8 Å². The van der Waals surface area contributed by atoms with Gasteiger partial charge in [0.2, 0.25) is 0 Å². The monoisotopic (exact) mass is 258 g/mol. The van der Waals surface area contributed by atoms with Gasteiger partial charge in [0.1, 0.15) is 0 Å². The van der Waals surface area contributed by atoms with E-state index in [9.17, 15) is 9.59 Å². The molecule has 106 valence electrons. The first-order valence-corrected chi connectivity index (χ1v) is 6.95. The quantitative estimate of drug-likeness (QED) is 0.594. The lowest BCUT2D eigenvalue weighted by molar-refractivity contribution is -0.143. The molecule has 0 saturated carbocycles. The Bertz CT molecular complexity index is 250. The van der Waals surface area contributed by atoms with Crippen LogP contribution in [0.4, 0.5) is 0 Å². The second kappa shape index (κ2) is 9.92. The number of hydrogen-bond acceptors (Lipinski definition) is 2. The molecule has 4 heteroatoms. The van der Waals surface area contributed by atoms with Gasteiger partial charge in [-0.2, -0.15) is 0 Å². The van der Waals surface area contributed by atoms with Gasteiger partial charge < -0.3 is 10.2 Å². The van der Waals surface area contributed by atoms with E-state index in [0.717, 1.165) is 25.7 Å². The maximum Gasteiger partial charge on any atom is 0.306 e. The molecule has 2 N–H and O–H groups in total. The summed E-state index contributed by atoms with van der Waals surface area (Å²) in [6, 6.07) is 0. The first-order valence-electron chi connectivity index (χ1n) is 6.95. The third kappa shape index (κ3) is 8.09. The van der Waals surface area contributed by atoms with Crippen molar-refractivity contribution < 1.29 is 19.8 Å². The molecular weight excluding hydrogens is 232 g/mol. The largest absolute Gasteiger partial charge is 0.481 e. The maximum atomic E-state index is 11.2. The lowest BCUT2D eigenvalue weighted by Gasteiger charge is -2.19. The van der Waals surface area contributed by atoms with Crippen LogP contribution in [0.2, 0.25) is 0 Å². The Labute approximate surface area is 109 Å². The van der Waals surface area contributed by atoms with Crippen LogP contribution in [0.5, 0.6) is 0 Å². The molecule has 0 spiro atoms. The number of carboxylic acids is 2. The van der Waals surface area contributed by atoms with Gasteiger partial charge in [0.15, 0.2) is 0 Å². The van der Waals surface area contributed by atoms with Crippen molar-refractivity contribution in [1.29, 1.82) is 0 Å². The predicted molar refractivity (Wildman–Crippen MR) is 70.5 cm³/mol. The standard InChI is InChI=1S/C14H26O4/c1-3-5-7-11(4-2)10-12(14(17)18)8-6-9-13(15)16/h11-12H,3-10H2,1-2H3,(H,15,16)(H,17,18). The summed E-state index contributed by atoms with van der Waals surface area (Å²) < 4.78 is 0. The van der Waals surface area contributed by atoms with Gasteiger partial charge in [0.25, 0.3) is 0 Å². The van der Waals surface area contributed by atoms with E-state index in [1.807, 2.05) is 0 Å². The number of carboxylic acid groups (broad SMARTS) is 2. The highest BCUT2D eigenvalue weighted by atomic mass is 16.4. The predicted octanol–water partition coefficient (Wildman–Crippen LogP) is 3.55. The summed E-state index contributed by atoms with van der Waals surface area (Å²) in [5.41, 5.74) is 0. The van der Waals surface area contributed by atoms with E-state index in [4.69, 9.17) is 10.2 Å². The summed E-state index contributed by atoms with van der Waals surface area (Å²) in [7, 11) is 0. The Morgan fingerprint density at radius 2 is 1.72 bits per heavy atom. The minimum absolute atomic E-state index is 0.0650. The molecule has 0 aliphatic carbocycles. The van der Waals surface area contributed by atoms with Crippen molar-refractivity contribution in [2.45, 2.75) is 65.2 Å². The van der Waals surface area contributed by atoms with Crippen LogP contribution in [0.3, 0.4) is 0 Å². The fraction of sp³-hybridized carbons (Fsp3) is 0.857. The van der Waals surface area contributed by atoms with Gasteiger partial charge in [-0.05, 0) is 25.2 Å². The van der Waals surface area contributed by atoms with E-state index in [1.54, 1.807) is 0 Å². The molecule has 0 aliphatic heterocycles. The average Bonchev–Trinajstić information content (AvgIpc) is 2.31. The Morgan fingerprint density at radius 1 is 1.06 bits per heavy atom. The highest BCUT2D eigenvalue weighted by Gasteiger charge is 2.21. The molecule has 0 heterocycles. The summed E-state index contributed by atoms with van der Waals surface area (Å²) in [6.07, 6.45) is 6.04. The molecule has 0 bridgehead atoms. The molecule has 18 heavy (non-hydrogen) atoms. The van der Waals surface area contributed by atoms with Crippen LogP contribution in [0.25, 0.3) is 0 Å². The first-order chi connectivity index (χ1) is 8.51. The lowest BCUT2D eigenvalue weighted by Crippen LogP contribution is -2.18. The van der Waals surface area contributed by atoms with E-state index in [0.29, 0.717) is 25.2 Å². The number of carbonyl (C=O) groups is 2. The van der Waals surface area contributed by atoms with E-state index in [1.165, 1.54) is 0 Å². The van der Waals surface area contributed by atoms with Crippen LogP contribution in [0, 0.1) is 11.8 Å². The molecule has 2 atom stereocenters. The fourth-order valence-electron chi connectivity index (χ4n) is 2.23. The molecule has 0 amide bonds. The second-order valence-electron chi connectivity index (χ2n) is 4.97. The molecule has 4 nitrogen and oxygen atoms in total. The number of hydrogen-bond donors (Lipinski definition) is 2.